The van der Waals surface area contributed by atoms with Crippen LogP contribution >= 0.6 is 0 Å². The minimum atomic E-state index is -0.207. The molecular formula is C8H14N2O. The Morgan fingerprint density at radius 2 is 2.00 bits per heavy atom. The third-order valence-corrected chi connectivity index (χ3v) is 1.90. The van der Waals surface area contributed by atoms with Gasteiger partial charge in [-0.2, -0.15) is 0 Å². The maximum atomic E-state index is 10.8. The molecule has 11 heavy (non-hydrogen) atoms. The van der Waals surface area contributed by atoms with Crippen molar-refractivity contribution in [3.05, 3.63) is 0 Å². The zero-order valence-electron chi connectivity index (χ0n) is 6.89. The van der Waals surface area contributed by atoms with Gasteiger partial charge in [-0.25, -0.2) is 9.79 Å². The van der Waals surface area contributed by atoms with Crippen LogP contribution in [0, 0.1) is 0 Å². The molecule has 62 valence electrons. The van der Waals surface area contributed by atoms with Crippen molar-refractivity contribution in [2.24, 2.45) is 4.99 Å². The Bertz CT molecular complexity index is 167. The Hall–Kier alpha value is -0.860. The molecule has 0 unspecified atom stereocenters. The highest BCUT2D eigenvalue weighted by Crippen LogP contribution is 2.14. The van der Waals surface area contributed by atoms with Gasteiger partial charge in [-0.3, -0.25) is 0 Å². The molecule has 0 atom stereocenters. The largest absolute Gasteiger partial charge is 0.340 e. The molecule has 1 aliphatic rings. The average Bonchev–Trinajstić information content (AvgIpc) is 2.06. The molecule has 1 aliphatic carbocycles. The maximum absolute atomic E-state index is 10.8. The van der Waals surface area contributed by atoms with Crippen LogP contribution < -0.4 is 5.32 Å². The first-order chi connectivity index (χ1) is 5.33. The van der Waals surface area contributed by atoms with E-state index in [2.05, 4.69) is 10.3 Å². The van der Waals surface area contributed by atoms with Crippen molar-refractivity contribution in [3.8, 4) is 0 Å². The molecular weight excluding hydrogens is 140 g/mol. The van der Waals surface area contributed by atoms with E-state index in [1.165, 1.54) is 19.3 Å². The van der Waals surface area contributed by atoms with Gasteiger partial charge in [-0.1, -0.05) is 6.42 Å². The number of amides is 2. The maximum Gasteiger partial charge on any atom is 0.340 e. The van der Waals surface area contributed by atoms with Crippen molar-refractivity contribution in [1.29, 1.82) is 0 Å². The van der Waals surface area contributed by atoms with Gasteiger partial charge in [-0.15, -0.1) is 0 Å². The molecule has 0 aromatic carbocycles. The van der Waals surface area contributed by atoms with Gasteiger partial charge >= 0.3 is 6.03 Å². The molecule has 2 amide bonds. The lowest BCUT2D eigenvalue weighted by atomic mass is 9.99. The van der Waals surface area contributed by atoms with E-state index in [0.717, 1.165) is 18.6 Å². The zero-order chi connectivity index (χ0) is 8.10. The van der Waals surface area contributed by atoms with E-state index >= 15 is 0 Å². The summed E-state index contributed by atoms with van der Waals surface area (Å²) in [4.78, 5) is 14.7. The van der Waals surface area contributed by atoms with Gasteiger partial charge < -0.3 is 5.32 Å². The number of rotatable bonds is 0. The molecule has 0 heterocycles. The van der Waals surface area contributed by atoms with E-state index in [0.29, 0.717) is 0 Å². The topological polar surface area (TPSA) is 41.5 Å². The predicted octanol–water partition coefficient (Wildman–Crippen LogP) is 1.73. The summed E-state index contributed by atoms with van der Waals surface area (Å²) in [5.74, 6) is 0. The monoisotopic (exact) mass is 154 g/mol. The molecule has 0 aromatic heterocycles. The van der Waals surface area contributed by atoms with Crippen LogP contribution in [0.3, 0.4) is 0 Å². The van der Waals surface area contributed by atoms with Crippen molar-refractivity contribution in [2.75, 3.05) is 7.05 Å². The summed E-state index contributed by atoms with van der Waals surface area (Å²) in [6.45, 7) is 0. The first-order valence-corrected chi connectivity index (χ1v) is 4.11. The number of urea groups is 1. The Labute approximate surface area is 66.9 Å². The fraction of sp³-hybridized carbons (Fsp3) is 0.750. The number of carbonyl (C=O) groups is 1. The van der Waals surface area contributed by atoms with Gasteiger partial charge in [0, 0.05) is 12.8 Å². The Kier molecular flexibility index (Phi) is 3.08. The Morgan fingerprint density at radius 3 is 2.55 bits per heavy atom. The van der Waals surface area contributed by atoms with E-state index < -0.39 is 0 Å². The van der Waals surface area contributed by atoms with Crippen LogP contribution in [-0.4, -0.2) is 18.8 Å². The molecule has 1 N–H and O–H groups in total. The van der Waals surface area contributed by atoms with Crippen LogP contribution in [0.4, 0.5) is 4.79 Å². The van der Waals surface area contributed by atoms with E-state index in [9.17, 15) is 4.79 Å². The van der Waals surface area contributed by atoms with E-state index in [1.807, 2.05) is 0 Å². The lowest BCUT2D eigenvalue weighted by molar-refractivity contribution is 0.251. The second-order valence-corrected chi connectivity index (χ2v) is 2.79. The van der Waals surface area contributed by atoms with Crippen LogP contribution in [0.15, 0.2) is 4.99 Å². The van der Waals surface area contributed by atoms with E-state index in [1.54, 1.807) is 7.05 Å². The lowest BCUT2D eigenvalue weighted by Gasteiger charge is -2.10. The number of nitrogens with one attached hydrogen (secondary N) is 1. The van der Waals surface area contributed by atoms with Crippen molar-refractivity contribution in [3.63, 3.8) is 0 Å². The quantitative estimate of drug-likeness (QED) is 0.567. The number of carbonyl (C=O) groups excluding carboxylic acids is 1. The molecule has 0 aromatic rings. The molecule has 0 bridgehead atoms. The van der Waals surface area contributed by atoms with Gasteiger partial charge in [0.15, 0.2) is 0 Å². The van der Waals surface area contributed by atoms with Crippen LogP contribution in [0.2, 0.25) is 0 Å². The number of aliphatic imine (C=N–C) groups is 1. The molecule has 1 saturated carbocycles. The number of nitrogens with zero attached hydrogens (tertiary/aromatic N) is 1. The molecule has 3 nitrogen and oxygen atoms in total. The highest BCUT2D eigenvalue weighted by Gasteiger charge is 2.07. The van der Waals surface area contributed by atoms with Crippen LogP contribution in [0.25, 0.3) is 0 Å². The number of hydrogen-bond donors (Lipinski definition) is 1. The standard InChI is InChI=1S/C8H14N2O/c1-9-8(11)10-7-5-3-2-4-6-7/h2-6H2,1H3,(H,9,11). The zero-order valence-corrected chi connectivity index (χ0v) is 6.89. The summed E-state index contributed by atoms with van der Waals surface area (Å²) in [6, 6.07) is -0.207. The van der Waals surface area contributed by atoms with E-state index in [-0.39, 0.29) is 6.03 Å². The molecule has 3 heteroatoms. The van der Waals surface area contributed by atoms with E-state index in [4.69, 9.17) is 0 Å². The SMILES string of the molecule is CNC(=O)N=C1CCCCC1. The fourth-order valence-electron chi connectivity index (χ4n) is 1.27. The summed E-state index contributed by atoms with van der Waals surface area (Å²) in [5, 5.41) is 2.49. The number of hydrogen-bond acceptors (Lipinski definition) is 1. The normalized spacial score (nSPS) is 17.7. The molecule has 0 aliphatic heterocycles. The minimum Gasteiger partial charge on any atom is -0.339 e. The first kappa shape index (κ1) is 8.24. The molecule has 1 fully saturated rings. The lowest BCUT2D eigenvalue weighted by Crippen LogP contribution is -2.16. The summed E-state index contributed by atoms with van der Waals surface area (Å²) < 4.78 is 0. The summed E-state index contributed by atoms with van der Waals surface area (Å²) >= 11 is 0. The summed E-state index contributed by atoms with van der Waals surface area (Å²) in [7, 11) is 1.61. The Balaban J connectivity index is 2.43. The van der Waals surface area contributed by atoms with Crippen molar-refractivity contribution in [2.45, 2.75) is 32.1 Å². The van der Waals surface area contributed by atoms with Crippen molar-refractivity contribution in [1.82, 2.24) is 5.32 Å². The summed E-state index contributed by atoms with van der Waals surface area (Å²) in [5.41, 5.74) is 1.07. The molecule has 0 radical (unpaired) electrons. The average molecular weight is 154 g/mol. The van der Waals surface area contributed by atoms with Crippen molar-refractivity contribution >= 4 is 11.7 Å². The van der Waals surface area contributed by atoms with Gasteiger partial charge in [0.05, 0.1) is 0 Å². The van der Waals surface area contributed by atoms with Crippen molar-refractivity contribution < 1.29 is 4.79 Å². The smallest absolute Gasteiger partial charge is 0.339 e. The van der Waals surface area contributed by atoms with Gasteiger partial charge in [0.1, 0.15) is 0 Å². The Morgan fingerprint density at radius 1 is 1.36 bits per heavy atom. The van der Waals surface area contributed by atoms with Crippen LogP contribution in [0.1, 0.15) is 32.1 Å². The highest BCUT2D eigenvalue weighted by molar-refractivity contribution is 5.95. The third-order valence-electron chi connectivity index (χ3n) is 1.90. The molecule has 0 spiro atoms. The van der Waals surface area contributed by atoms with Gasteiger partial charge in [0.2, 0.25) is 0 Å². The van der Waals surface area contributed by atoms with Gasteiger partial charge in [0.25, 0.3) is 0 Å². The minimum absolute atomic E-state index is 0.207. The predicted molar refractivity (Wildman–Crippen MR) is 45.0 cm³/mol. The molecule has 1 rings (SSSR count). The van der Waals surface area contributed by atoms with Crippen LogP contribution in [0.5, 0.6) is 0 Å². The summed E-state index contributed by atoms with van der Waals surface area (Å²) in [6.07, 6.45) is 5.68. The first-order valence-electron chi connectivity index (χ1n) is 4.11. The van der Waals surface area contributed by atoms with Crippen LogP contribution in [-0.2, 0) is 0 Å². The molecule has 0 saturated heterocycles. The van der Waals surface area contributed by atoms with Gasteiger partial charge in [-0.05, 0) is 25.7 Å². The second-order valence-electron chi connectivity index (χ2n) is 2.79. The fourth-order valence-corrected chi connectivity index (χ4v) is 1.27. The highest BCUT2D eigenvalue weighted by atomic mass is 16.2. The third kappa shape index (κ3) is 2.70. The second kappa shape index (κ2) is 4.11.